The molecule has 1 unspecified atom stereocenters. The molecule has 330 valence electrons. The van der Waals surface area contributed by atoms with Gasteiger partial charge in [0.2, 0.25) is 0 Å². The van der Waals surface area contributed by atoms with Gasteiger partial charge in [-0.05, 0) is 101 Å². The first-order valence-corrected chi connectivity index (χ1v) is 21.3. The van der Waals surface area contributed by atoms with Gasteiger partial charge >= 0.3 is 23.9 Å². The van der Waals surface area contributed by atoms with Crippen molar-refractivity contribution in [1.29, 1.82) is 0 Å². The van der Waals surface area contributed by atoms with Crippen molar-refractivity contribution in [3.8, 4) is 22.6 Å². The van der Waals surface area contributed by atoms with Gasteiger partial charge in [-0.2, -0.15) is 5.10 Å². The Hall–Kier alpha value is -7.31. The molecule has 0 radical (unpaired) electrons. The second kappa shape index (κ2) is 23.8. The van der Waals surface area contributed by atoms with Crippen LogP contribution in [0.5, 0.6) is 11.5 Å². The fraction of sp³-hybridized carbons (Fsp3) is 0.250. The summed E-state index contributed by atoms with van der Waals surface area (Å²) in [6, 6.07) is 35.4. The average molecular weight is 865 g/mol. The van der Waals surface area contributed by atoms with Crippen LogP contribution in [0.1, 0.15) is 80.8 Å². The number of unbranched alkanes of at least 4 members (excludes halogenated alkanes) is 1. The Bertz CT molecular complexity index is 2380. The molecule has 0 saturated carbocycles. The molecule has 1 N–H and O–H groups in total. The third-order valence-corrected chi connectivity index (χ3v) is 10.2. The van der Waals surface area contributed by atoms with Crippen LogP contribution in [0.4, 0.5) is 0 Å². The van der Waals surface area contributed by atoms with Crippen molar-refractivity contribution < 1.29 is 47.6 Å². The average Bonchev–Trinajstić information content (AvgIpc) is 3.64. The summed E-state index contributed by atoms with van der Waals surface area (Å²) in [5.74, 6) is -1.41. The van der Waals surface area contributed by atoms with Crippen molar-refractivity contribution in [3.63, 3.8) is 0 Å². The van der Waals surface area contributed by atoms with E-state index in [1.807, 2.05) is 48.5 Å². The third-order valence-electron chi connectivity index (χ3n) is 10.2. The van der Waals surface area contributed by atoms with Gasteiger partial charge in [0.05, 0.1) is 43.2 Å². The summed E-state index contributed by atoms with van der Waals surface area (Å²) in [6.07, 6.45) is 6.66. The summed E-state index contributed by atoms with van der Waals surface area (Å²) in [5.41, 5.74) is 11.1. The number of carbonyl (C=O) groups is 4. The molecular weight excluding hydrogens is 813 g/mol. The topological polar surface area (TPSA) is 148 Å². The monoisotopic (exact) mass is 864 g/mol. The minimum Gasteiger partial charge on any atom is -0.490 e. The van der Waals surface area contributed by atoms with Gasteiger partial charge < -0.3 is 28.4 Å². The predicted molar refractivity (Wildman–Crippen MR) is 243 cm³/mol. The van der Waals surface area contributed by atoms with E-state index >= 15 is 0 Å². The number of fused-ring (bicyclic) bond motifs is 3. The van der Waals surface area contributed by atoms with Crippen LogP contribution in [0.15, 0.2) is 146 Å². The summed E-state index contributed by atoms with van der Waals surface area (Å²) in [4.78, 5) is 49.5. The Morgan fingerprint density at radius 1 is 0.688 bits per heavy atom. The summed E-state index contributed by atoms with van der Waals surface area (Å²) in [6.45, 7) is 9.72. The number of hydrazone groups is 1. The first kappa shape index (κ1) is 46.2. The molecule has 0 spiro atoms. The van der Waals surface area contributed by atoms with E-state index in [0.29, 0.717) is 42.7 Å². The lowest BCUT2D eigenvalue weighted by molar-refractivity contribution is -0.148. The second-order valence-electron chi connectivity index (χ2n) is 14.8. The quantitative estimate of drug-likeness (QED) is 0.0121. The number of aryl methyl sites for hydroxylation is 1. The molecule has 0 fully saturated rings. The van der Waals surface area contributed by atoms with E-state index < -0.39 is 30.0 Å². The highest BCUT2D eigenvalue weighted by Gasteiger charge is 2.27. The van der Waals surface area contributed by atoms with Crippen molar-refractivity contribution >= 4 is 30.1 Å². The Morgan fingerprint density at radius 3 is 2.02 bits per heavy atom. The zero-order valence-corrected chi connectivity index (χ0v) is 35.9. The van der Waals surface area contributed by atoms with Gasteiger partial charge in [-0.15, -0.1) is 0 Å². The minimum atomic E-state index is -0.737. The van der Waals surface area contributed by atoms with Gasteiger partial charge in [-0.1, -0.05) is 93.2 Å². The highest BCUT2D eigenvalue weighted by atomic mass is 16.6. The van der Waals surface area contributed by atoms with E-state index in [-0.39, 0.29) is 43.8 Å². The number of nitrogens with one attached hydrogen (secondary N) is 1. The van der Waals surface area contributed by atoms with Crippen LogP contribution in [-0.4, -0.2) is 69.2 Å². The summed E-state index contributed by atoms with van der Waals surface area (Å²) in [7, 11) is 0. The number of ether oxygens (including phenoxy) is 6. The van der Waals surface area contributed by atoms with Crippen molar-refractivity contribution in [2.24, 2.45) is 5.10 Å². The summed E-state index contributed by atoms with van der Waals surface area (Å²) < 4.78 is 33.5. The molecule has 0 bridgehead atoms. The molecule has 1 atom stereocenters. The smallest absolute Gasteiger partial charge is 0.343 e. The molecule has 0 amide bonds. The molecule has 6 rings (SSSR count). The lowest BCUT2D eigenvalue weighted by Gasteiger charge is -2.18. The van der Waals surface area contributed by atoms with Gasteiger partial charge in [0.15, 0.2) is 6.10 Å². The standard InChI is InChI=1S/C52H52N2O10/c1-4-13-36-18-21-38(22-19-36)51(57)61-31-28-37-20-27-47(40(32-37)33-53-54-50-45-16-9-7-14-43(45)44-15-8-10-17-46(44)50)64-52(58)39-23-25-41(26-24-39)62-35-42(63-49(56)6-3)34-59-29-11-12-30-60-48(55)5-2/h5-10,14-27,32-33,42,50,54H,2-4,11-13,28-31,34-35H2,1H3. The lowest BCUT2D eigenvalue weighted by atomic mass is 10.1. The van der Waals surface area contributed by atoms with Crippen LogP contribution in [0.3, 0.4) is 0 Å². The van der Waals surface area contributed by atoms with Crippen molar-refractivity contribution in [2.45, 2.75) is 51.2 Å². The number of nitrogens with zero attached hydrogens (tertiary/aromatic N) is 1. The first-order chi connectivity index (χ1) is 31.3. The van der Waals surface area contributed by atoms with Crippen LogP contribution in [0.25, 0.3) is 11.1 Å². The van der Waals surface area contributed by atoms with Crippen LogP contribution < -0.4 is 14.9 Å². The molecule has 64 heavy (non-hydrogen) atoms. The van der Waals surface area contributed by atoms with Crippen LogP contribution in [0, 0.1) is 0 Å². The van der Waals surface area contributed by atoms with E-state index in [1.54, 1.807) is 48.7 Å². The predicted octanol–water partition coefficient (Wildman–Crippen LogP) is 8.95. The van der Waals surface area contributed by atoms with E-state index in [0.717, 1.165) is 52.8 Å². The van der Waals surface area contributed by atoms with Crippen LogP contribution in [0.2, 0.25) is 0 Å². The van der Waals surface area contributed by atoms with Crippen LogP contribution in [-0.2, 0) is 41.4 Å². The molecule has 0 aromatic heterocycles. The van der Waals surface area contributed by atoms with E-state index in [4.69, 9.17) is 28.4 Å². The molecule has 0 saturated heterocycles. The van der Waals surface area contributed by atoms with E-state index in [2.05, 4.69) is 54.9 Å². The fourth-order valence-corrected chi connectivity index (χ4v) is 6.98. The number of carbonyl (C=O) groups excluding carboxylic acids is 4. The molecule has 0 heterocycles. The molecule has 12 heteroatoms. The number of benzene rings is 5. The van der Waals surface area contributed by atoms with Gasteiger partial charge in [0.1, 0.15) is 18.1 Å². The maximum Gasteiger partial charge on any atom is 0.343 e. The maximum atomic E-state index is 13.5. The Morgan fingerprint density at radius 2 is 1.33 bits per heavy atom. The lowest BCUT2D eigenvalue weighted by Crippen LogP contribution is -2.29. The highest BCUT2D eigenvalue weighted by molar-refractivity contribution is 5.93. The van der Waals surface area contributed by atoms with Gasteiger partial charge in [-0.3, -0.25) is 5.43 Å². The Balaban J connectivity index is 1.10. The molecule has 1 aliphatic rings. The van der Waals surface area contributed by atoms with E-state index in [1.165, 1.54) is 5.56 Å². The normalized spacial score (nSPS) is 12.1. The zero-order valence-electron chi connectivity index (χ0n) is 35.9. The molecule has 5 aromatic carbocycles. The molecule has 1 aliphatic carbocycles. The summed E-state index contributed by atoms with van der Waals surface area (Å²) >= 11 is 0. The Kier molecular flexibility index (Phi) is 17.2. The summed E-state index contributed by atoms with van der Waals surface area (Å²) in [5, 5.41) is 4.65. The zero-order chi connectivity index (χ0) is 45.1. The third kappa shape index (κ3) is 13.1. The minimum absolute atomic E-state index is 0.0211. The van der Waals surface area contributed by atoms with Gasteiger partial charge in [-0.25, -0.2) is 19.2 Å². The number of hydrogen-bond acceptors (Lipinski definition) is 12. The van der Waals surface area contributed by atoms with Gasteiger partial charge in [0, 0.05) is 30.7 Å². The van der Waals surface area contributed by atoms with E-state index in [9.17, 15) is 19.2 Å². The highest BCUT2D eigenvalue weighted by Crippen LogP contribution is 2.43. The molecular formula is C52H52N2O10. The largest absolute Gasteiger partial charge is 0.490 e. The Labute approximate surface area is 373 Å². The first-order valence-electron chi connectivity index (χ1n) is 21.3. The second-order valence-corrected chi connectivity index (χ2v) is 14.8. The van der Waals surface area contributed by atoms with Crippen LogP contribution >= 0.6 is 0 Å². The number of hydrogen-bond donors (Lipinski definition) is 1. The van der Waals surface area contributed by atoms with Gasteiger partial charge in [0.25, 0.3) is 0 Å². The van der Waals surface area contributed by atoms with Crippen molar-refractivity contribution in [1.82, 2.24) is 5.43 Å². The molecule has 5 aromatic rings. The van der Waals surface area contributed by atoms with Crippen molar-refractivity contribution in [2.75, 3.05) is 33.0 Å². The maximum absolute atomic E-state index is 13.5. The number of esters is 4. The van der Waals surface area contributed by atoms with Crippen molar-refractivity contribution in [3.05, 3.63) is 180 Å². The fourth-order valence-electron chi connectivity index (χ4n) is 6.98. The molecule has 0 aliphatic heterocycles. The SMILES string of the molecule is C=CC(=O)OCCCCOCC(COc1ccc(C(=O)Oc2ccc(CCOC(=O)c3ccc(CCC)cc3)cc2C=NNC2c3ccccc3-c3ccccc32)cc1)OC(=O)C=C. The number of rotatable bonds is 24. The molecule has 12 nitrogen and oxygen atoms in total.